The van der Waals surface area contributed by atoms with Gasteiger partial charge in [0.2, 0.25) is 5.91 Å². The normalized spacial score (nSPS) is 11.9. The second-order valence-electron chi connectivity index (χ2n) is 8.04. The Morgan fingerprint density at radius 1 is 0.821 bits per heavy atom. The molecular weight excluding hydrogens is 528 g/mol. The van der Waals surface area contributed by atoms with Gasteiger partial charge in [-0.2, -0.15) is 26.3 Å². The molecule has 1 amide bonds. The van der Waals surface area contributed by atoms with Gasteiger partial charge in [-0.1, -0.05) is 48.6 Å². The molecule has 0 spiro atoms. The van der Waals surface area contributed by atoms with Gasteiger partial charge in [-0.15, -0.1) is 5.10 Å². The maximum Gasteiger partial charge on any atom is 0.434 e. The van der Waals surface area contributed by atoms with E-state index in [9.17, 15) is 35.9 Å². The van der Waals surface area contributed by atoms with E-state index in [1.165, 1.54) is 36.4 Å². The number of nitrogens with zero attached hydrogens (tertiary/aromatic N) is 1. The average molecular weight is 545 g/mol. The predicted octanol–water partition coefficient (Wildman–Crippen LogP) is 6.69. The number of amides is 1. The minimum absolute atomic E-state index is 0.0494. The van der Waals surface area contributed by atoms with E-state index >= 15 is 0 Å². The Morgan fingerprint density at radius 2 is 1.36 bits per heavy atom. The fourth-order valence-electron chi connectivity index (χ4n) is 3.57. The van der Waals surface area contributed by atoms with E-state index in [1.807, 2.05) is 0 Å². The molecule has 39 heavy (non-hydrogen) atoms. The predicted molar refractivity (Wildman–Crippen MR) is 130 cm³/mol. The van der Waals surface area contributed by atoms with Gasteiger partial charge in [-0.3, -0.25) is 4.79 Å². The van der Waals surface area contributed by atoms with Gasteiger partial charge in [0.1, 0.15) is 0 Å². The number of carbonyl (C=O) groups is 1. The van der Waals surface area contributed by atoms with E-state index < -0.39 is 35.1 Å². The largest absolute Gasteiger partial charge is 0.434 e. The van der Waals surface area contributed by atoms with Crippen molar-refractivity contribution in [2.24, 2.45) is 0 Å². The van der Waals surface area contributed by atoms with Crippen LogP contribution in [0.4, 0.5) is 32.0 Å². The van der Waals surface area contributed by atoms with Crippen molar-refractivity contribution in [3.63, 3.8) is 0 Å². The van der Waals surface area contributed by atoms with Crippen LogP contribution in [0.1, 0.15) is 22.3 Å². The zero-order chi connectivity index (χ0) is 28.2. The smallest absolute Gasteiger partial charge is 0.388 e. The van der Waals surface area contributed by atoms with Crippen LogP contribution < -0.4 is 11.1 Å². The molecule has 0 fully saturated rings. The molecular formula is C27H17F6N3O3. The van der Waals surface area contributed by atoms with E-state index in [1.54, 1.807) is 24.3 Å². The van der Waals surface area contributed by atoms with Gasteiger partial charge < -0.3 is 9.73 Å². The summed E-state index contributed by atoms with van der Waals surface area (Å²) >= 11 is 0. The first-order valence-corrected chi connectivity index (χ1v) is 11.1. The second kappa shape index (κ2) is 10.9. The number of alkyl halides is 6. The van der Waals surface area contributed by atoms with Gasteiger partial charge in [0.15, 0.2) is 0 Å². The van der Waals surface area contributed by atoms with Crippen LogP contribution in [-0.2, 0) is 17.1 Å². The number of aromatic amines is 1. The van der Waals surface area contributed by atoms with E-state index in [0.717, 1.165) is 30.3 Å². The fraction of sp³-hybridized carbons (Fsp3) is 0.0741. The molecule has 0 bridgehead atoms. The monoisotopic (exact) mass is 545 g/mol. The van der Waals surface area contributed by atoms with Crippen molar-refractivity contribution >= 4 is 17.2 Å². The second-order valence-corrected chi connectivity index (χ2v) is 8.04. The molecule has 1 heterocycles. The molecule has 0 aliphatic carbocycles. The number of halogens is 6. The molecule has 6 nitrogen and oxygen atoms in total. The number of aromatic nitrogens is 2. The topological polar surface area (TPSA) is 88.0 Å². The number of hydrogen-bond acceptors (Lipinski definition) is 4. The standard InChI is InChI=1S/C27H17F6N3O3/c28-26(29,30)18-12-8-16(9-13-18)20(17-10-14-19(15-11-17)27(31,32)33)5-3-7-23(37)34-22-6-2-1-4-21(22)24-35-36-25(38)39-24/h1-15H,(H,34,37)(H,36,38). The highest BCUT2D eigenvalue weighted by molar-refractivity contribution is 6.02. The Bertz CT molecular complexity index is 1520. The summed E-state index contributed by atoms with van der Waals surface area (Å²) in [5, 5.41) is 8.44. The van der Waals surface area contributed by atoms with Crippen LogP contribution in [0.2, 0.25) is 0 Å². The lowest BCUT2D eigenvalue weighted by Gasteiger charge is -2.12. The molecule has 12 heteroatoms. The Kier molecular flexibility index (Phi) is 7.56. The molecule has 0 aliphatic heterocycles. The Balaban J connectivity index is 1.63. The fourth-order valence-corrected chi connectivity index (χ4v) is 3.57. The average Bonchev–Trinajstić information content (AvgIpc) is 3.32. The first-order chi connectivity index (χ1) is 18.4. The van der Waals surface area contributed by atoms with Crippen molar-refractivity contribution in [1.82, 2.24) is 10.2 Å². The van der Waals surface area contributed by atoms with E-state index in [-0.39, 0.29) is 28.3 Å². The van der Waals surface area contributed by atoms with Gasteiger partial charge in [-0.05, 0) is 53.1 Å². The van der Waals surface area contributed by atoms with Gasteiger partial charge in [-0.25, -0.2) is 9.89 Å². The molecule has 0 aliphatic rings. The number of hydrogen-bond donors (Lipinski definition) is 2. The highest BCUT2D eigenvalue weighted by atomic mass is 19.4. The Labute approximate surface area is 216 Å². The van der Waals surface area contributed by atoms with Gasteiger partial charge >= 0.3 is 18.1 Å². The van der Waals surface area contributed by atoms with Crippen molar-refractivity contribution in [3.8, 4) is 11.5 Å². The zero-order valence-corrected chi connectivity index (χ0v) is 19.6. The van der Waals surface area contributed by atoms with Crippen LogP contribution >= 0.6 is 0 Å². The summed E-state index contributed by atoms with van der Waals surface area (Å²) in [5.74, 6) is -1.45. The van der Waals surface area contributed by atoms with Crippen molar-refractivity contribution in [3.05, 3.63) is 124 Å². The summed E-state index contributed by atoms with van der Waals surface area (Å²) < 4.78 is 82.9. The maximum atomic E-state index is 13.0. The van der Waals surface area contributed by atoms with Crippen molar-refractivity contribution in [2.45, 2.75) is 12.4 Å². The summed E-state index contributed by atoms with van der Waals surface area (Å²) in [6, 6.07) is 14.5. The molecule has 0 saturated carbocycles. The molecule has 2 N–H and O–H groups in total. The van der Waals surface area contributed by atoms with Crippen LogP contribution in [0.15, 0.2) is 100 Å². The van der Waals surface area contributed by atoms with Crippen molar-refractivity contribution in [2.75, 3.05) is 5.32 Å². The van der Waals surface area contributed by atoms with Crippen LogP contribution in [-0.4, -0.2) is 16.1 Å². The van der Waals surface area contributed by atoms with Crippen LogP contribution in [0.3, 0.4) is 0 Å². The highest BCUT2D eigenvalue weighted by Crippen LogP contribution is 2.33. The molecule has 200 valence electrons. The quantitative estimate of drug-likeness (QED) is 0.161. The lowest BCUT2D eigenvalue weighted by atomic mass is 9.95. The number of rotatable bonds is 6. The number of nitrogens with one attached hydrogen (secondary N) is 2. The molecule has 0 unspecified atom stereocenters. The molecule has 0 radical (unpaired) electrons. The molecule has 3 aromatic carbocycles. The van der Waals surface area contributed by atoms with E-state index in [4.69, 9.17) is 4.42 Å². The maximum absolute atomic E-state index is 13.0. The van der Waals surface area contributed by atoms with Gasteiger partial charge in [0.05, 0.1) is 22.4 Å². The summed E-state index contributed by atoms with van der Waals surface area (Å²) in [6.07, 6.45) is -5.32. The van der Waals surface area contributed by atoms with Crippen LogP contribution in [0, 0.1) is 0 Å². The highest BCUT2D eigenvalue weighted by Gasteiger charge is 2.31. The number of carbonyl (C=O) groups excluding carboxylic acids is 1. The number of allylic oxidation sites excluding steroid dienone is 2. The summed E-state index contributed by atoms with van der Waals surface area (Å²) in [7, 11) is 0. The number of para-hydroxylation sites is 1. The number of benzene rings is 3. The zero-order valence-electron chi connectivity index (χ0n) is 19.6. The van der Waals surface area contributed by atoms with E-state index in [2.05, 4.69) is 15.5 Å². The molecule has 0 saturated heterocycles. The van der Waals surface area contributed by atoms with Crippen LogP contribution in [0.25, 0.3) is 17.0 Å². The summed E-state index contributed by atoms with van der Waals surface area (Å²) in [4.78, 5) is 23.8. The first kappa shape index (κ1) is 27.2. The molecule has 4 rings (SSSR count). The lowest BCUT2D eigenvalue weighted by Crippen LogP contribution is -2.08. The van der Waals surface area contributed by atoms with Gasteiger partial charge in [0, 0.05) is 6.08 Å². The molecule has 4 aromatic rings. The molecule has 1 aromatic heterocycles. The molecule has 0 atom stereocenters. The minimum Gasteiger partial charge on any atom is -0.388 e. The van der Waals surface area contributed by atoms with E-state index in [0.29, 0.717) is 5.56 Å². The first-order valence-electron chi connectivity index (χ1n) is 11.1. The Hall–Kier alpha value is -4.87. The number of H-pyrrole nitrogens is 1. The Morgan fingerprint density at radius 3 is 1.85 bits per heavy atom. The third-order valence-corrected chi connectivity index (χ3v) is 5.41. The third kappa shape index (κ3) is 6.72. The van der Waals surface area contributed by atoms with Crippen molar-refractivity contribution < 1.29 is 35.6 Å². The summed E-state index contributed by atoms with van der Waals surface area (Å²) in [5.41, 5.74) is -0.335. The van der Waals surface area contributed by atoms with Crippen LogP contribution in [0.5, 0.6) is 0 Å². The third-order valence-electron chi connectivity index (χ3n) is 5.41. The van der Waals surface area contributed by atoms with Gasteiger partial charge in [0.25, 0.3) is 5.89 Å². The SMILES string of the molecule is O=C(C=CC=C(c1ccc(C(F)(F)F)cc1)c1ccc(C(F)(F)F)cc1)Nc1ccccc1-c1n[nH]c(=O)o1. The summed E-state index contributed by atoms with van der Waals surface area (Å²) in [6.45, 7) is 0. The lowest BCUT2D eigenvalue weighted by molar-refractivity contribution is -0.138. The van der Waals surface area contributed by atoms with Crippen molar-refractivity contribution in [1.29, 1.82) is 0 Å². The number of anilines is 1. The minimum atomic E-state index is -4.57.